The van der Waals surface area contributed by atoms with Crippen LogP contribution in [0.15, 0.2) is 91.0 Å². The molecule has 0 saturated heterocycles. The predicted octanol–water partition coefficient (Wildman–Crippen LogP) is 5.65. The molecule has 0 saturated carbocycles. The van der Waals surface area contributed by atoms with E-state index >= 15 is 0 Å². The van der Waals surface area contributed by atoms with Gasteiger partial charge in [-0.3, -0.25) is 0 Å². The number of carbonyl (C=O) groups is 4. The van der Waals surface area contributed by atoms with Crippen LogP contribution in [0.3, 0.4) is 0 Å². The fraction of sp³-hybridized carbons (Fsp3) is 0.107. The van der Waals surface area contributed by atoms with Gasteiger partial charge in [-0.15, -0.1) is 0 Å². The van der Waals surface area contributed by atoms with E-state index in [0.29, 0.717) is 0 Å². The minimum atomic E-state index is 0. The summed E-state index contributed by atoms with van der Waals surface area (Å²) in [5, 5.41) is 0. The largest absolute Gasteiger partial charge is 3.00 e. The Labute approximate surface area is 224 Å². The second-order valence-corrected chi connectivity index (χ2v) is 5.21. The minimum absolute atomic E-state index is 0. The van der Waals surface area contributed by atoms with Gasteiger partial charge in [0.05, 0.1) is 0 Å². The van der Waals surface area contributed by atoms with Crippen molar-refractivity contribution in [2.45, 2.75) is 19.3 Å². The zero-order chi connectivity index (χ0) is 27.5. The summed E-state index contributed by atoms with van der Waals surface area (Å²) >= 11 is 0. The minimum Gasteiger partial charge on any atom is -0.339 e. The molecule has 1 unspecified atom stereocenters. The van der Waals surface area contributed by atoms with Crippen LogP contribution in [0.1, 0.15) is 16.7 Å². The first-order valence-electron chi connectivity index (χ1n) is 9.68. The molecular weight excluding hydrogens is 503 g/mol. The number of hydrogen-bond acceptors (Lipinski definition) is 5. The van der Waals surface area contributed by atoms with Gasteiger partial charge in [0.15, 0.2) is 0 Å². The summed E-state index contributed by atoms with van der Waals surface area (Å²) < 4.78 is 8.17. The second-order valence-electron chi connectivity index (χ2n) is 5.21. The van der Waals surface area contributed by atoms with Crippen molar-refractivity contribution in [3.05, 3.63) is 128 Å². The van der Waals surface area contributed by atoms with Crippen molar-refractivity contribution in [1.82, 2.24) is 0 Å². The summed E-state index contributed by atoms with van der Waals surface area (Å²) in [5.74, 6) is 0. The van der Waals surface area contributed by atoms with Gasteiger partial charge in [-0.25, -0.2) is 0 Å². The van der Waals surface area contributed by atoms with Crippen LogP contribution >= 0.6 is 9.12 Å². The van der Waals surface area contributed by atoms with E-state index in [2.05, 4.69) is 57.2 Å². The molecule has 5 nitrogen and oxygen atoms in total. The number of benzene rings is 3. The fourth-order valence-corrected chi connectivity index (χ4v) is 1.93. The molecule has 1 radical (unpaired) electrons. The van der Waals surface area contributed by atoms with Gasteiger partial charge in [0.25, 0.3) is 0 Å². The first-order valence-corrected chi connectivity index (χ1v) is 10.2. The Bertz CT molecular complexity index is 614. The van der Waals surface area contributed by atoms with E-state index in [1.54, 1.807) is 0 Å². The Morgan fingerprint density at radius 1 is 0.429 bits per heavy atom. The van der Waals surface area contributed by atoms with Gasteiger partial charge < -0.3 is 39.9 Å². The van der Waals surface area contributed by atoms with Gasteiger partial charge in [0.2, 0.25) is 0 Å². The third-order valence-electron chi connectivity index (χ3n) is 3.39. The van der Waals surface area contributed by atoms with E-state index in [4.69, 9.17) is 23.7 Å². The van der Waals surface area contributed by atoms with E-state index in [9.17, 15) is 0 Å². The van der Waals surface area contributed by atoms with E-state index in [-0.39, 0.29) is 17.1 Å². The van der Waals surface area contributed by atoms with E-state index in [1.807, 2.05) is 81.8 Å². The molecule has 3 rings (SSSR count). The van der Waals surface area contributed by atoms with Gasteiger partial charge in [0, 0.05) is 0 Å². The van der Waals surface area contributed by atoms with Gasteiger partial charge in [0.1, 0.15) is 27.2 Å². The standard InChI is InChI=1S/3C8H9.4CH2O.Fe.H2OP/c3*1-2-8-6-4-3-5-7-8;4*1-2;;1-2/h3*3-7H,1-2H2;4*1H2;;2H2/q3*-1;;;;;+3;+1. The molecule has 0 N–H and O–H groups in total. The third-order valence-corrected chi connectivity index (χ3v) is 3.39. The Morgan fingerprint density at radius 3 is 0.657 bits per heavy atom. The molecule has 0 aromatic heterocycles. The van der Waals surface area contributed by atoms with Crippen LogP contribution in [0.5, 0.6) is 0 Å². The molecule has 0 heterocycles. The predicted molar refractivity (Wildman–Crippen MR) is 145 cm³/mol. The van der Waals surface area contributed by atoms with Crippen LogP contribution in [-0.2, 0) is 60.1 Å². The molecule has 0 aliphatic rings. The molecule has 7 heteroatoms. The number of hydrogen-bond donors (Lipinski definition) is 0. The maximum absolute atomic E-state index is 8.17. The van der Waals surface area contributed by atoms with Gasteiger partial charge in [-0.05, 0) is 0 Å². The van der Waals surface area contributed by atoms with Crippen LogP contribution < -0.4 is 0 Å². The van der Waals surface area contributed by atoms with Gasteiger partial charge in [-0.1, -0.05) is 112 Å². The first kappa shape index (κ1) is 45.5. The Morgan fingerprint density at radius 2 is 0.571 bits per heavy atom. The molecule has 0 amide bonds. The zero-order valence-corrected chi connectivity index (χ0v) is 22.5. The molecule has 0 fully saturated rings. The summed E-state index contributed by atoms with van der Waals surface area (Å²) in [4.78, 5) is 32.0. The first-order chi connectivity index (χ1) is 16.8. The van der Waals surface area contributed by atoms with Crippen LogP contribution in [0.25, 0.3) is 0 Å². The maximum Gasteiger partial charge on any atom is 3.00 e. The van der Waals surface area contributed by atoms with E-state index < -0.39 is 0 Å². The molecule has 0 spiro atoms. The fourth-order valence-electron chi connectivity index (χ4n) is 1.93. The van der Waals surface area contributed by atoms with Gasteiger partial charge >= 0.3 is 26.2 Å². The van der Waals surface area contributed by atoms with Crippen molar-refractivity contribution in [3.8, 4) is 0 Å². The summed E-state index contributed by atoms with van der Waals surface area (Å²) in [7, 11) is 1.17. The molecule has 35 heavy (non-hydrogen) atoms. The van der Waals surface area contributed by atoms with Crippen molar-refractivity contribution in [3.63, 3.8) is 0 Å². The third kappa shape index (κ3) is 35.7. The topological polar surface area (TPSA) is 85.3 Å². The van der Waals surface area contributed by atoms with Crippen molar-refractivity contribution in [2.24, 2.45) is 0 Å². The second kappa shape index (κ2) is 48.4. The zero-order valence-electron chi connectivity index (χ0n) is 20.2. The SMILES string of the molecule is C=O.C=O.C=O.C=O.O=[PH2+].[CH2-]Cc1ccccc1.[CH2-]Cc1ccccc1.[CH2-]Cc1ccccc1.[Fe+3]. The van der Waals surface area contributed by atoms with E-state index in [0.717, 1.165) is 19.3 Å². The van der Waals surface area contributed by atoms with Crippen LogP contribution in [0.2, 0.25) is 0 Å². The summed E-state index contributed by atoms with van der Waals surface area (Å²) in [6.45, 7) is 19.3. The van der Waals surface area contributed by atoms with Crippen molar-refractivity contribution >= 4 is 36.3 Å². The Balaban J connectivity index is -0.0000000754. The molecule has 191 valence electrons. The maximum atomic E-state index is 8.17. The average Bonchev–Trinajstić information content (AvgIpc) is 3.00. The molecule has 0 aliphatic heterocycles. The van der Waals surface area contributed by atoms with E-state index in [1.165, 1.54) is 25.8 Å². The monoisotopic (exact) mass is 540 g/mol. The van der Waals surface area contributed by atoms with Crippen molar-refractivity contribution in [1.29, 1.82) is 0 Å². The molecule has 0 aliphatic carbocycles. The number of rotatable bonds is 3. The molecule has 3 aromatic rings. The molecular formula is C28H37FeO5P+. The molecule has 3 aromatic carbocycles. The Hall–Kier alpha value is -3.04. The average molecular weight is 540 g/mol. The smallest absolute Gasteiger partial charge is 0.339 e. The quantitative estimate of drug-likeness (QED) is 0.243. The van der Waals surface area contributed by atoms with Crippen molar-refractivity contribution in [2.75, 3.05) is 0 Å². The summed E-state index contributed by atoms with van der Waals surface area (Å²) in [6.07, 6.45) is 2.67. The summed E-state index contributed by atoms with van der Waals surface area (Å²) in [5.41, 5.74) is 3.90. The van der Waals surface area contributed by atoms with Crippen LogP contribution in [0.4, 0.5) is 0 Å². The van der Waals surface area contributed by atoms with Crippen molar-refractivity contribution < 1.29 is 40.8 Å². The van der Waals surface area contributed by atoms with Gasteiger partial charge in [-0.2, -0.15) is 19.3 Å². The number of carbonyl (C=O) groups excluding carboxylic acids is 4. The molecule has 1 atom stereocenters. The van der Waals surface area contributed by atoms with Crippen LogP contribution in [0, 0.1) is 20.8 Å². The molecule has 0 bridgehead atoms. The van der Waals surface area contributed by atoms with Crippen LogP contribution in [-0.4, -0.2) is 27.2 Å². The Kier molecular flexibility index (Phi) is 62.9. The summed E-state index contributed by atoms with van der Waals surface area (Å²) in [6, 6.07) is 30.7. The normalized spacial score (nSPS) is 6.83.